The van der Waals surface area contributed by atoms with Crippen LogP contribution in [0.4, 0.5) is 11.5 Å². The summed E-state index contributed by atoms with van der Waals surface area (Å²) in [6, 6.07) is 5.38. The molecule has 0 amide bonds. The van der Waals surface area contributed by atoms with Gasteiger partial charge in [-0.1, -0.05) is 6.07 Å². The van der Waals surface area contributed by atoms with Crippen LogP contribution in [0.5, 0.6) is 0 Å². The number of hydrogen-bond acceptors (Lipinski definition) is 7. The molecule has 1 aliphatic heterocycles. The van der Waals surface area contributed by atoms with E-state index in [0.717, 1.165) is 17.7 Å². The van der Waals surface area contributed by atoms with Crippen LogP contribution < -0.4 is 4.90 Å². The molecular weight excluding hydrogens is 330 g/mol. The predicted octanol–water partition coefficient (Wildman–Crippen LogP) is 3.57. The van der Waals surface area contributed by atoms with Gasteiger partial charge in [-0.2, -0.15) is 0 Å². The van der Waals surface area contributed by atoms with Crippen LogP contribution in [0, 0.1) is 10.1 Å². The number of pyridine rings is 1. The molecule has 0 bridgehead atoms. The van der Waals surface area contributed by atoms with Crippen molar-refractivity contribution in [3.63, 3.8) is 0 Å². The Morgan fingerprint density at radius 3 is 3.04 bits per heavy atom. The summed E-state index contributed by atoms with van der Waals surface area (Å²) in [6.07, 6.45) is 3.26. The van der Waals surface area contributed by atoms with Gasteiger partial charge in [0.2, 0.25) is 5.82 Å². The van der Waals surface area contributed by atoms with Crippen LogP contribution in [-0.2, 0) is 4.74 Å². The molecule has 8 heteroatoms. The highest BCUT2D eigenvalue weighted by molar-refractivity contribution is 7.10. The van der Waals surface area contributed by atoms with Crippen molar-refractivity contribution >= 4 is 28.8 Å². The topological polar surface area (TPSA) is 85.6 Å². The van der Waals surface area contributed by atoms with E-state index in [0.29, 0.717) is 6.54 Å². The summed E-state index contributed by atoms with van der Waals surface area (Å²) in [5.74, 6) is -0.457. The van der Waals surface area contributed by atoms with Crippen molar-refractivity contribution in [2.24, 2.45) is 0 Å². The van der Waals surface area contributed by atoms with Crippen LogP contribution in [0.15, 0.2) is 29.8 Å². The van der Waals surface area contributed by atoms with Gasteiger partial charge in [-0.3, -0.25) is 10.1 Å². The van der Waals surface area contributed by atoms with Gasteiger partial charge in [0.25, 0.3) is 0 Å². The standard InChI is InChI=1S/C16H17N3O4S/c1-2-23-16(20)11-7-8-17-15(14(11)19(21)22)18-9-3-5-12(18)13-6-4-10-24-13/h4,6-8,10,12H,2-3,5,9H2,1H3/t12-/m1/s1. The van der Waals surface area contributed by atoms with Gasteiger partial charge in [0.1, 0.15) is 5.56 Å². The lowest BCUT2D eigenvalue weighted by atomic mass is 10.1. The third kappa shape index (κ3) is 2.96. The lowest BCUT2D eigenvalue weighted by molar-refractivity contribution is -0.384. The summed E-state index contributed by atoms with van der Waals surface area (Å²) in [4.78, 5) is 30.5. The Labute approximate surface area is 143 Å². The first-order valence-corrected chi connectivity index (χ1v) is 8.62. The van der Waals surface area contributed by atoms with Gasteiger partial charge in [-0.15, -0.1) is 11.3 Å². The van der Waals surface area contributed by atoms with Crippen molar-refractivity contribution in [1.82, 2.24) is 4.98 Å². The van der Waals surface area contributed by atoms with Crippen molar-refractivity contribution < 1.29 is 14.5 Å². The molecule has 7 nitrogen and oxygen atoms in total. The molecule has 0 saturated carbocycles. The molecule has 0 spiro atoms. The van der Waals surface area contributed by atoms with Gasteiger partial charge in [0.15, 0.2) is 0 Å². The highest BCUT2D eigenvalue weighted by Gasteiger charge is 2.35. The molecule has 126 valence electrons. The fraction of sp³-hybridized carbons (Fsp3) is 0.375. The summed E-state index contributed by atoms with van der Waals surface area (Å²) in [5, 5.41) is 13.6. The lowest BCUT2D eigenvalue weighted by Gasteiger charge is -2.24. The van der Waals surface area contributed by atoms with Gasteiger partial charge in [-0.05, 0) is 37.3 Å². The maximum absolute atomic E-state index is 12.1. The number of carbonyl (C=O) groups excluding carboxylic acids is 1. The number of rotatable bonds is 5. The Balaban J connectivity index is 2.05. The molecule has 1 fully saturated rings. The Kier molecular flexibility index (Phi) is 4.75. The van der Waals surface area contributed by atoms with Crippen LogP contribution in [-0.4, -0.2) is 29.0 Å². The minimum atomic E-state index is -0.695. The van der Waals surface area contributed by atoms with E-state index in [1.165, 1.54) is 12.3 Å². The molecule has 1 saturated heterocycles. The average molecular weight is 347 g/mol. The number of carbonyl (C=O) groups is 1. The molecule has 0 radical (unpaired) electrons. The lowest BCUT2D eigenvalue weighted by Crippen LogP contribution is -2.25. The first kappa shape index (κ1) is 16.4. The molecule has 0 aromatic carbocycles. The van der Waals surface area contributed by atoms with Crippen LogP contribution >= 0.6 is 11.3 Å². The largest absolute Gasteiger partial charge is 0.462 e. The third-order valence-corrected chi connectivity index (χ3v) is 4.95. The van der Waals surface area contributed by atoms with E-state index in [4.69, 9.17) is 4.74 Å². The third-order valence-electron chi connectivity index (χ3n) is 3.98. The van der Waals surface area contributed by atoms with Crippen LogP contribution in [0.25, 0.3) is 0 Å². The zero-order valence-corrected chi connectivity index (χ0v) is 14.0. The summed E-state index contributed by atoms with van der Waals surface area (Å²) in [6.45, 7) is 2.50. The Morgan fingerprint density at radius 2 is 2.38 bits per heavy atom. The molecular formula is C16H17N3O4S. The van der Waals surface area contributed by atoms with Crippen LogP contribution in [0.3, 0.4) is 0 Å². The second kappa shape index (κ2) is 6.96. The quantitative estimate of drug-likeness (QED) is 0.467. The van der Waals surface area contributed by atoms with E-state index in [1.54, 1.807) is 18.3 Å². The maximum atomic E-state index is 12.1. The molecule has 1 aliphatic rings. The second-order valence-corrected chi connectivity index (χ2v) is 6.35. The molecule has 3 rings (SSSR count). The normalized spacial score (nSPS) is 17.0. The summed E-state index contributed by atoms with van der Waals surface area (Å²) < 4.78 is 4.95. The second-order valence-electron chi connectivity index (χ2n) is 5.38. The van der Waals surface area contributed by atoms with Crippen molar-refractivity contribution in [1.29, 1.82) is 0 Å². The maximum Gasteiger partial charge on any atom is 0.345 e. The first-order valence-electron chi connectivity index (χ1n) is 7.74. The number of nitro groups is 1. The molecule has 0 unspecified atom stereocenters. The van der Waals surface area contributed by atoms with Gasteiger partial charge >= 0.3 is 11.7 Å². The number of thiophene rings is 1. The van der Waals surface area contributed by atoms with Crippen molar-refractivity contribution in [3.8, 4) is 0 Å². The van der Waals surface area contributed by atoms with Gasteiger partial charge in [-0.25, -0.2) is 9.78 Å². The Hall–Kier alpha value is -2.48. The highest BCUT2D eigenvalue weighted by Crippen LogP contribution is 2.41. The number of hydrogen-bond donors (Lipinski definition) is 0. The number of nitrogens with zero attached hydrogens (tertiary/aromatic N) is 3. The van der Waals surface area contributed by atoms with Gasteiger partial charge in [0.05, 0.1) is 17.6 Å². The summed E-state index contributed by atoms with van der Waals surface area (Å²) in [5.41, 5.74) is -0.330. The van der Waals surface area contributed by atoms with Crippen LogP contribution in [0.2, 0.25) is 0 Å². The minimum Gasteiger partial charge on any atom is -0.462 e. The molecule has 0 aliphatic carbocycles. The molecule has 24 heavy (non-hydrogen) atoms. The Morgan fingerprint density at radius 1 is 1.54 bits per heavy atom. The molecule has 2 aromatic rings. The van der Waals surface area contributed by atoms with Crippen molar-refractivity contribution in [2.45, 2.75) is 25.8 Å². The fourth-order valence-electron chi connectivity index (χ4n) is 3.00. The summed E-state index contributed by atoms with van der Waals surface area (Å²) in [7, 11) is 0. The first-order chi connectivity index (χ1) is 11.6. The smallest absolute Gasteiger partial charge is 0.345 e. The number of ether oxygens (including phenoxy) is 1. The van der Waals surface area contributed by atoms with Gasteiger partial charge in [0, 0.05) is 17.6 Å². The van der Waals surface area contributed by atoms with E-state index >= 15 is 0 Å². The molecule has 2 aromatic heterocycles. The fourth-order valence-corrected chi connectivity index (χ4v) is 3.88. The van der Waals surface area contributed by atoms with Crippen molar-refractivity contribution in [3.05, 3.63) is 50.3 Å². The van der Waals surface area contributed by atoms with Crippen molar-refractivity contribution in [2.75, 3.05) is 18.1 Å². The SMILES string of the molecule is CCOC(=O)c1ccnc(N2CCC[C@@H]2c2cccs2)c1[N+](=O)[O-]. The van der Waals surface area contributed by atoms with Crippen LogP contribution in [0.1, 0.15) is 41.0 Å². The zero-order chi connectivity index (χ0) is 17.1. The number of aromatic nitrogens is 1. The minimum absolute atomic E-state index is 0.0497. The number of anilines is 1. The molecule has 1 atom stereocenters. The summed E-state index contributed by atoms with van der Waals surface area (Å²) >= 11 is 1.62. The van der Waals surface area contributed by atoms with E-state index in [2.05, 4.69) is 4.98 Å². The van der Waals surface area contributed by atoms with E-state index in [1.807, 2.05) is 22.4 Å². The van der Waals surface area contributed by atoms with E-state index in [-0.39, 0.29) is 29.7 Å². The molecule has 0 N–H and O–H groups in total. The average Bonchev–Trinajstić information content (AvgIpc) is 3.25. The monoisotopic (exact) mass is 347 g/mol. The predicted molar refractivity (Wildman–Crippen MR) is 90.5 cm³/mol. The Bertz CT molecular complexity index is 748. The number of esters is 1. The molecule has 3 heterocycles. The van der Waals surface area contributed by atoms with E-state index in [9.17, 15) is 14.9 Å². The van der Waals surface area contributed by atoms with E-state index < -0.39 is 10.9 Å². The highest BCUT2D eigenvalue weighted by atomic mass is 32.1. The zero-order valence-electron chi connectivity index (χ0n) is 13.2. The van der Waals surface area contributed by atoms with Gasteiger partial charge < -0.3 is 9.64 Å².